The van der Waals surface area contributed by atoms with E-state index in [0.29, 0.717) is 17.9 Å². The van der Waals surface area contributed by atoms with Gasteiger partial charge < -0.3 is 10.1 Å². The zero-order chi connectivity index (χ0) is 14.5. The number of nitrogens with one attached hydrogen (secondary N) is 1. The van der Waals surface area contributed by atoms with Crippen molar-refractivity contribution in [2.24, 2.45) is 0 Å². The number of ether oxygens (including phenoxy) is 1. The van der Waals surface area contributed by atoms with Crippen LogP contribution in [-0.4, -0.2) is 12.1 Å². The lowest BCUT2D eigenvalue weighted by Gasteiger charge is -2.12. The third kappa shape index (κ3) is 3.55. The Labute approximate surface area is 122 Å². The molecular weight excluding hydrogens is 275 g/mol. The lowest BCUT2D eigenvalue weighted by Crippen LogP contribution is -2.18. The van der Waals surface area contributed by atoms with E-state index in [9.17, 15) is 4.39 Å². The minimum absolute atomic E-state index is 0.113. The third-order valence-corrected chi connectivity index (χ3v) is 4.47. The van der Waals surface area contributed by atoms with Gasteiger partial charge in [-0.2, -0.15) is 0 Å². The number of halogens is 1. The second-order valence-electron chi connectivity index (χ2n) is 4.58. The summed E-state index contributed by atoms with van der Waals surface area (Å²) in [4.78, 5) is 5.66. The number of hydrogen-bond acceptors (Lipinski definition) is 4. The van der Waals surface area contributed by atoms with Crippen LogP contribution in [0.4, 0.5) is 4.39 Å². The first-order valence-electron chi connectivity index (χ1n) is 6.64. The molecule has 0 bridgehead atoms. The fourth-order valence-electron chi connectivity index (χ4n) is 1.84. The predicted octanol–water partition coefficient (Wildman–Crippen LogP) is 3.70. The third-order valence-electron chi connectivity index (χ3n) is 3.15. The number of aromatic nitrogens is 1. The summed E-state index contributed by atoms with van der Waals surface area (Å²) in [7, 11) is 1.53. The van der Waals surface area contributed by atoms with Crippen LogP contribution in [0.1, 0.15) is 35.3 Å². The quantitative estimate of drug-likeness (QED) is 0.882. The predicted molar refractivity (Wildman–Crippen MR) is 79.7 cm³/mol. The average Bonchev–Trinajstić information content (AvgIpc) is 2.94. The van der Waals surface area contributed by atoms with Crippen LogP contribution >= 0.6 is 11.3 Å². The molecule has 0 aliphatic rings. The van der Waals surface area contributed by atoms with Crippen molar-refractivity contribution in [2.45, 2.75) is 32.9 Å². The molecule has 5 heteroatoms. The maximum atomic E-state index is 13.8. The first-order chi connectivity index (χ1) is 9.63. The van der Waals surface area contributed by atoms with Crippen molar-refractivity contribution in [3.8, 4) is 5.75 Å². The summed E-state index contributed by atoms with van der Waals surface area (Å²) in [5.41, 5.74) is 0.630. The van der Waals surface area contributed by atoms with Gasteiger partial charge in [0.05, 0.1) is 13.2 Å². The van der Waals surface area contributed by atoms with E-state index in [1.165, 1.54) is 18.1 Å². The van der Waals surface area contributed by atoms with Crippen molar-refractivity contribution in [1.82, 2.24) is 10.3 Å². The van der Waals surface area contributed by atoms with Gasteiger partial charge in [0.1, 0.15) is 16.6 Å². The van der Waals surface area contributed by atoms with Gasteiger partial charge in [0.25, 0.3) is 0 Å². The highest BCUT2D eigenvalue weighted by atomic mass is 32.1. The molecule has 0 amide bonds. The van der Waals surface area contributed by atoms with Crippen molar-refractivity contribution in [2.75, 3.05) is 7.11 Å². The topological polar surface area (TPSA) is 34.2 Å². The van der Waals surface area contributed by atoms with Gasteiger partial charge in [-0.05, 0) is 19.4 Å². The second-order valence-corrected chi connectivity index (χ2v) is 5.73. The highest BCUT2D eigenvalue weighted by Gasteiger charge is 2.11. The Balaban J connectivity index is 1.97. The SMILES string of the molecule is CCc1cnc(C(C)NCc2ccc(OC)cc2F)s1. The van der Waals surface area contributed by atoms with E-state index in [0.717, 1.165) is 11.4 Å². The molecule has 1 heterocycles. The Bertz CT molecular complexity index is 571. The zero-order valence-electron chi connectivity index (χ0n) is 11.9. The molecule has 1 unspecified atom stereocenters. The Hall–Kier alpha value is -1.46. The molecule has 0 spiro atoms. The molecule has 0 aliphatic heterocycles. The van der Waals surface area contributed by atoms with Crippen LogP contribution in [0, 0.1) is 5.82 Å². The number of methoxy groups -OCH3 is 1. The molecule has 0 aliphatic carbocycles. The summed E-state index contributed by atoms with van der Waals surface area (Å²) >= 11 is 1.70. The first-order valence-corrected chi connectivity index (χ1v) is 7.46. The number of aryl methyl sites for hydroxylation is 1. The minimum atomic E-state index is -0.252. The van der Waals surface area contributed by atoms with Gasteiger partial charge >= 0.3 is 0 Å². The van der Waals surface area contributed by atoms with Gasteiger partial charge in [-0.1, -0.05) is 13.0 Å². The molecule has 0 radical (unpaired) electrons. The van der Waals surface area contributed by atoms with Crippen LogP contribution in [0.15, 0.2) is 24.4 Å². The van der Waals surface area contributed by atoms with Crippen molar-refractivity contribution < 1.29 is 9.13 Å². The highest BCUT2D eigenvalue weighted by Crippen LogP contribution is 2.21. The lowest BCUT2D eigenvalue weighted by molar-refractivity contribution is 0.410. The number of nitrogens with zero attached hydrogens (tertiary/aromatic N) is 1. The summed E-state index contributed by atoms with van der Waals surface area (Å²) in [5, 5.41) is 4.34. The minimum Gasteiger partial charge on any atom is -0.497 e. The number of thiazole rings is 1. The fraction of sp³-hybridized carbons (Fsp3) is 0.400. The van der Waals surface area contributed by atoms with E-state index < -0.39 is 0 Å². The molecule has 0 fully saturated rings. The van der Waals surface area contributed by atoms with E-state index in [2.05, 4.69) is 17.2 Å². The smallest absolute Gasteiger partial charge is 0.131 e. The standard InChI is InChI=1S/C15H19FN2OS/c1-4-13-9-18-15(20-13)10(2)17-8-11-5-6-12(19-3)7-14(11)16/h5-7,9-10,17H,4,8H2,1-3H3. The van der Waals surface area contributed by atoms with E-state index in [4.69, 9.17) is 4.74 Å². The Morgan fingerprint density at radius 3 is 2.85 bits per heavy atom. The van der Waals surface area contributed by atoms with E-state index in [1.807, 2.05) is 13.1 Å². The highest BCUT2D eigenvalue weighted by molar-refractivity contribution is 7.11. The van der Waals surface area contributed by atoms with Crippen molar-refractivity contribution in [1.29, 1.82) is 0 Å². The average molecular weight is 294 g/mol. The van der Waals surface area contributed by atoms with Crippen LogP contribution < -0.4 is 10.1 Å². The maximum Gasteiger partial charge on any atom is 0.131 e. The van der Waals surface area contributed by atoms with Gasteiger partial charge in [-0.25, -0.2) is 9.37 Å². The number of benzene rings is 1. The van der Waals surface area contributed by atoms with E-state index in [1.54, 1.807) is 23.5 Å². The van der Waals surface area contributed by atoms with Crippen molar-refractivity contribution in [3.63, 3.8) is 0 Å². The maximum absolute atomic E-state index is 13.8. The molecule has 2 rings (SSSR count). The first kappa shape index (κ1) is 14.9. The van der Waals surface area contributed by atoms with Crippen molar-refractivity contribution in [3.05, 3.63) is 45.7 Å². The van der Waals surface area contributed by atoms with Gasteiger partial charge in [-0.15, -0.1) is 11.3 Å². The van der Waals surface area contributed by atoms with E-state index >= 15 is 0 Å². The Morgan fingerprint density at radius 2 is 2.25 bits per heavy atom. The molecule has 1 atom stereocenters. The van der Waals surface area contributed by atoms with Crippen LogP contribution in [-0.2, 0) is 13.0 Å². The van der Waals surface area contributed by atoms with Gasteiger partial charge in [0.2, 0.25) is 0 Å². The molecule has 0 saturated heterocycles. The molecule has 3 nitrogen and oxygen atoms in total. The van der Waals surface area contributed by atoms with Crippen LogP contribution in [0.25, 0.3) is 0 Å². The fourth-order valence-corrected chi connectivity index (χ4v) is 2.72. The van der Waals surface area contributed by atoms with E-state index in [-0.39, 0.29) is 11.9 Å². The van der Waals surface area contributed by atoms with Crippen molar-refractivity contribution >= 4 is 11.3 Å². The summed E-state index contributed by atoms with van der Waals surface area (Å²) < 4.78 is 18.8. The largest absolute Gasteiger partial charge is 0.497 e. The van der Waals surface area contributed by atoms with Crippen LogP contribution in [0.5, 0.6) is 5.75 Å². The monoisotopic (exact) mass is 294 g/mol. The van der Waals surface area contributed by atoms with Gasteiger partial charge in [0, 0.05) is 29.2 Å². The molecule has 108 valence electrons. The lowest BCUT2D eigenvalue weighted by atomic mass is 10.2. The van der Waals surface area contributed by atoms with Crippen LogP contribution in [0.3, 0.4) is 0 Å². The number of rotatable bonds is 6. The zero-order valence-corrected chi connectivity index (χ0v) is 12.8. The second kappa shape index (κ2) is 6.81. The summed E-state index contributed by atoms with van der Waals surface area (Å²) in [6.07, 6.45) is 2.91. The molecule has 2 aromatic rings. The van der Waals surface area contributed by atoms with Gasteiger partial charge in [-0.3, -0.25) is 0 Å². The summed E-state index contributed by atoms with van der Waals surface area (Å²) in [6, 6.07) is 5.03. The Kier molecular flexibility index (Phi) is 5.09. The molecule has 20 heavy (non-hydrogen) atoms. The van der Waals surface area contributed by atoms with Crippen LogP contribution in [0.2, 0.25) is 0 Å². The molecule has 1 aromatic heterocycles. The van der Waals surface area contributed by atoms with Gasteiger partial charge in [0.15, 0.2) is 0 Å². The molecule has 0 saturated carbocycles. The molecule has 1 aromatic carbocycles. The molecule has 1 N–H and O–H groups in total. The summed E-state index contributed by atoms with van der Waals surface area (Å²) in [6.45, 7) is 4.62. The molecular formula is C15H19FN2OS. The Morgan fingerprint density at radius 1 is 1.45 bits per heavy atom. The number of hydrogen-bond donors (Lipinski definition) is 1. The normalized spacial score (nSPS) is 12.4. The summed E-state index contributed by atoms with van der Waals surface area (Å²) in [5.74, 6) is 0.282.